The number of hydrogen-bond acceptors (Lipinski definition) is 4. The number of aromatic nitrogens is 1. The molecule has 1 fully saturated rings. The first kappa shape index (κ1) is 16.5. The van der Waals surface area contributed by atoms with Gasteiger partial charge in [-0.15, -0.1) is 0 Å². The Balaban J connectivity index is 1.44. The molecule has 1 aliphatic rings. The zero-order chi connectivity index (χ0) is 16.8. The highest BCUT2D eigenvalue weighted by atomic mass is 16.5. The van der Waals surface area contributed by atoms with Crippen LogP contribution in [0.15, 0.2) is 42.6 Å². The van der Waals surface area contributed by atoms with Gasteiger partial charge in [0, 0.05) is 44.6 Å². The number of piperazine rings is 1. The van der Waals surface area contributed by atoms with E-state index in [0.29, 0.717) is 12.3 Å². The lowest BCUT2D eigenvalue weighted by Crippen LogP contribution is -2.48. The number of hydrogen-bond donors (Lipinski definition) is 2. The van der Waals surface area contributed by atoms with Crippen LogP contribution in [0, 0.1) is 0 Å². The maximum Gasteiger partial charge on any atom is 0.238 e. The number of H-pyrrole nitrogens is 1. The number of benzene rings is 1. The van der Waals surface area contributed by atoms with E-state index in [1.807, 2.05) is 36.5 Å². The highest BCUT2D eigenvalue weighted by molar-refractivity contribution is 5.93. The monoisotopic (exact) mass is 328 g/mol. The molecule has 0 bridgehead atoms. The summed E-state index contributed by atoms with van der Waals surface area (Å²) < 4.78 is 5.26. The van der Waals surface area contributed by atoms with Gasteiger partial charge in [-0.25, -0.2) is 0 Å². The molecule has 1 saturated heterocycles. The molecule has 0 saturated carbocycles. The van der Waals surface area contributed by atoms with E-state index in [1.54, 1.807) is 7.11 Å². The first-order valence-corrected chi connectivity index (χ1v) is 8.24. The third kappa shape index (κ3) is 4.37. The summed E-state index contributed by atoms with van der Waals surface area (Å²) in [5.74, 6) is 0.680. The molecule has 6 nitrogen and oxygen atoms in total. The molecule has 2 heterocycles. The summed E-state index contributed by atoms with van der Waals surface area (Å²) in [5.41, 5.74) is 1.95. The van der Waals surface area contributed by atoms with Gasteiger partial charge in [-0.1, -0.05) is 12.1 Å². The van der Waals surface area contributed by atoms with Crippen molar-refractivity contribution in [2.24, 2.45) is 0 Å². The second-order valence-corrected chi connectivity index (χ2v) is 6.00. The molecular weight excluding hydrogens is 304 g/mol. The van der Waals surface area contributed by atoms with Gasteiger partial charge in [0.25, 0.3) is 0 Å². The van der Waals surface area contributed by atoms with E-state index in [9.17, 15) is 4.79 Å². The van der Waals surface area contributed by atoms with Crippen LogP contribution in [0.2, 0.25) is 0 Å². The number of nitrogens with zero attached hydrogens (tertiary/aromatic N) is 2. The lowest BCUT2D eigenvalue weighted by molar-refractivity contribution is -0.117. The average Bonchev–Trinajstić information content (AvgIpc) is 3.10. The van der Waals surface area contributed by atoms with Crippen LogP contribution in [0.25, 0.3) is 0 Å². The van der Waals surface area contributed by atoms with Crippen LogP contribution >= 0.6 is 0 Å². The molecule has 1 aromatic carbocycles. The van der Waals surface area contributed by atoms with Crippen LogP contribution in [-0.4, -0.2) is 60.5 Å². The van der Waals surface area contributed by atoms with Crippen molar-refractivity contribution in [1.82, 2.24) is 14.8 Å². The lowest BCUT2D eigenvalue weighted by atomic mass is 10.2. The van der Waals surface area contributed by atoms with E-state index in [0.717, 1.165) is 38.4 Å². The Kier molecular flexibility index (Phi) is 5.51. The number of aromatic amines is 1. The van der Waals surface area contributed by atoms with E-state index >= 15 is 0 Å². The number of ether oxygens (including phenoxy) is 1. The zero-order valence-corrected chi connectivity index (χ0v) is 14.0. The minimum absolute atomic E-state index is 0.00248. The minimum atomic E-state index is -0.00248. The number of rotatable bonds is 6. The normalized spacial score (nSPS) is 16.0. The predicted octanol–water partition coefficient (Wildman–Crippen LogP) is 1.78. The lowest BCUT2D eigenvalue weighted by Gasteiger charge is -2.34. The quantitative estimate of drug-likeness (QED) is 0.849. The van der Waals surface area contributed by atoms with E-state index in [2.05, 4.69) is 26.2 Å². The van der Waals surface area contributed by atoms with Crippen molar-refractivity contribution in [3.63, 3.8) is 0 Å². The number of para-hydroxylation sites is 2. The Hall–Kier alpha value is -2.31. The molecule has 0 aliphatic carbocycles. The number of carbonyl (C=O) groups excluding carboxylic acids is 1. The molecule has 1 amide bonds. The Labute approximate surface area is 142 Å². The fourth-order valence-corrected chi connectivity index (χ4v) is 2.95. The molecule has 0 radical (unpaired) electrons. The third-order valence-electron chi connectivity index (χ3n) is 4.27. The van der Waals surface area contributed by atoms with Gasteiger partial charge in [-0.05, 0) is 24.3 Å². The number of amides is 1. The van der Waals surface area contributed by atoms with E-state index in [4.69, 9.17) is 4.74 Å². The molecule has 2 N–H and O–H groups in total. The van der Waals surface area contributed by atoms with Crippen molar-refractivity contribution in [2.75, 3.05) is 45.2 Å². The summed E-state index contributed by atoms with van der Waals surface area (Å²) in [4.78, 5) is 20.1. The predicted molar refractivity (Wildman–Crippen MR) is 94.1 cm³/mol. The van der Waals surface area contributed by atoms with Gasteiger partial charge in [0.1, 0.15) is 5.75 Å². The molecule has 24 heavy (non-hydrogen) atoms. The number of carbonyl (C=O) groups is 1. The maximum absolute atomic E-state index is 12.3. The molecule has 2 aromatic rings. The zero-order valence-electron chi connectivity index (χ0n) is 14.0. The molecule has 128 valence electrons. The van der Waals surface area contributed by atoms with Crippen LogP contribution in [0.4, 0.5) is 5.69 Å². The van der Waals surface area contributed by atoms with Crippen molar-refractivity contribution < 1.29 is 9.53 Å². The summed E-state index contributed by atoms with van der Waals surface area (Å²) in [6, 6.07) is 11.6. The van der Waals surface area contributed by atoms with Crippen LogP contribution in [-0.2, 0) is 11.3 Å². The van der Waals surface area contributed by atoms with Gasteiger partial charge >= 0.3 is 0 Å². The Morgan fingerprint density at radius 2 is 1.88 bits per heavy atom. The first-order valence-electron chi connectivity index (χ1n) is 8.24. The summed E-state index contributed by atoms with van der Waals surface area (Å²) in [6.07, 6.45) is 1.95. The smallest absolute Gasteiger partial charge is 0.238 e. The maximum atomic E-state index is 12.3. The Morgan fingerprint density at radius 1 is 1.12 bits per heavy atom. The van der Waals surface area contributed by atoms with Gasteiger partial charge in [-0.2, -0.15) is 0 Å². The summed E-state index contributed by atoms with van der Waals surface area (Å²) in [6.45, 7) is 5.10. The van der Waals surface area contributed by atoms with Crippen molar-refractivity contribution >= 4 is 11.6 Å². The van der Waals surface area contributed by atoms with Crippen molar-refractivity contribution in [3.8, 4) is 5.75 Å². The van der Waals surface area contributed by atoms with Crippen molar-refractivity contribution in [1.29, 1.82) is 0 Å². The average molecular weight is 328 g/mol. The van der Waals surface area contributed by atoms with Crippen LogP contribution in [0.1, 0.15) is 5.69 Å². The van der Waals surface area contributed by atoms with E-state index in [1.165, 1.54) is 5.69 Å². The molecule has 1 aromatic heterocycles. The minimum Gasteiger partial charge on any atom is -0.495 e. The summed E-state index contributed by atoms with van der Waals surface area (Å²) in [7, 11) is 1.61. The van der Waals surface area contributed by atoms with Crippen LogP contribution in [0.5, 0.6) is 5.75 Å². The van der Waals surface area contributed by atoms with Crippen LogP contribution < -0.4 is 10.1 Å². The number of methoxy groups -OCH3 is 1. The van der Waals surface area contributed by atoms with Crippen molar-refractivity contribution in [3.05, 3.63) is 48.3 Å². The molecule has 0 atom stereocenters. The largest absolute Gasteiger partial charge is 0.495 e. The molecule has 3 rings (SSSR count). The Morgan fingerprint density at radius 3 is 2.58 bits per heavy atom. The summed E-state index contributed by atoms with van der Waals surface area (Å²) in [5, 5.41) is 2.93. The molecule has 6 heteroatoms. The fourth-order valence-electron chi connectivity index (χ4n) is 2.95. The second kappa shape index (κ2) is 7.99. The molecule has 0 spiro atoms. The second-order valence-electron chi connectivity index (χ2n) is 6.00. The van der Waals surface area contributed by atoms with E-state index < -0.39 is 0 Å². The highest BCUT2D eigenvalue weighted by Gasteiger charge is 2.19. The molecule has 1 aliphatic heterocycles. The fraction of sp³-hybridized carbons (Fsp3) is 0.389. The van der Waals surface area contributed by atoms with Crippen LogP contribution in [0.3, 0.4) is 0 Å². The molecular formula is C18H24N4O2. The van der Waals surface area contributed by atoms with Gasteiger partial charge in [0.05, 0.1) is 19.3 Å². The van der Waals surface area contributed by atoms with Gasteiger partial charge in [-0.3, -0.25) is 14.6 Å². The number of nitrogens with one attached hydrogen (secondary N) is 2. The highest BCUT2D eigenvalue weighted by Crippen LogP contribution is 2.22. The Bertz CT molecular complexity index is 649. The molecule has 0 unspecified atom stereocenters. The van der Waals surface area contributed by atoms with Gasteiger partial charge in [0.2, 0.25) is 5.91 Å². The first-order chi connectivity index (χ1) is 11.7. The standard InChI is InChI=1S/C18H24N4O2/c1-24-17-7-3-2-6-16(17)20-18(23)14-22-11-9-21(10-12-22)13-15-5-4-8-19-15/h2-8,19H,9-14H2,1H3,(H,20,23). The van der Waals surface area contributed by atoms with Gasteiger partial charge < -0.3 is 15.0 Å². The number of anilines is 1. The third-order valence-corrected chi connectivity index (χ3v) is 4.27. The summed E-state index contributed by atoms with van der Waals surface area (Å²) >= 11 is 0. The topological polar surface area (TPSA) is 60.6 Å². The van der Waals surface area contributed by atoms with Crippen molar-refractivity contribution in [2.45, 2.75) is 6.54 Å². The SMILES string of the molecule is COc1ccccc1NC(=O)CN1CCN(Cc2ccc[nH]2)CC1. The van der Waals surface area contributed by atoms with E-state index in [-0.39, 0.29) is 5.91 Å². The van der Waals surface area contributed by atoms with Gasteiger partial charge in [0.15, 0.2) is 0 Å².